The molecule has 0 spiro atoms. The van der Waals surface area contributed by atoms with Gasteiger partial charge in [-0.25, -0.2) is 9.97 Å². The molecule has 3 aromatic carbocycles. The van der Waals surface area contributed by atoms with E-state index in [0.717, 1.165) is 52.6 Å². The van der Waals surface area contributed by atoms with Gasteiger partial charge in [-0.05, 0) is 42.8 Å². The molecule has 166 valence electrons. The summed E-state index contributed by atoms with van der Waals surface area (Å²) >= 11 is 0. The molecule has 1 aliphatic heterocycles. The summed E-state index contributed by atoms with van der Waals surface area (Å²) < 4.78 is 0. The molecule has 4 aromatic rings. The molecular formula is C27H27N5O. The van der Waals surface area contributed by atoms with Crippen LogP contribution in [0.25, 0.3) is 10.8 Å². The number of hydrogen-bond acceptors (Lipinski definition) is 5. The van der Waals surface area contributed by atoms with Gasteiger partial charge in [0.25, 0.3) is 5.91 Å². The van der Waals surface area contributed by atoms with E-state index in [4.69, 9.17) is 0 Å². The van der Waals surface area contributed by atoms with Crippen LogP contribution in [0, 0.1) is 13.8 Å². The number of carbonyl (C=O) groups excluding carboxylic acids is 1. The van der Waals surface area contributed by atoms with E-state index in [1.807, 2.05) is 72.5 Å². The molecule has 1 N–H and O–H groups in total. The first kappa shape index (κ1) is 20.9. The van der Waals surface area contributed by atoms with Crippen molar-refractivity contribution in [1.29, 1.82) is 0 Å². The van der Waals surface area contributed by atoms with Crippen molar-refractivity contribution < 1.29 is 4.79 Å². The van der Waals surface area contributed by atoms with Crippen LogP contribution in [-0.4, -0.2) is 47.0 Å². The first-order valence-corrected chi connectivity index (χ1v) is 11.3. The van der Waals surface area contributed by atoms with E-state index in [0.29, 0.717) is 13.1 Å². The minimum absolute atomic E-state index is 0.0899. The molecule has 2 heterocycles. The monoisotopic (exact) mass is 437 g/mol. The van der Waals surface area contributed by atoms with Crippen molar-refractivity contribution in [3.05, 3.63) is 89.7 Å². The average Bonchev–Trinajstić information content (AvgIpc) is 2.84. The number of hydrogen-bond donors (Lipinski definition) is 1. The summed E-state index contributed by atoms with van der Waals surface area (Å²) in [5.74, 6) is 2.47. The van der Waals surface area contributed by atoms with Gasteiger partial charge >= 0.3 is 0 Å². The molecule has 6 heteroatoms. The summed E-state index contributed by atoms with van der Waals surface area (Å²) in [4.78, 5) is 26.6. The molecule has 33 heavy (non-hydrogen) atoms. The second kappa shape index (κ2) is 8.90. The van der Waals surface area contributed by atoms with E-state index < -0.39 is 0 Å². The molecule has 1 saturated heterocycles. The van der Waals surface area contributed by atoms with Gasteiger partial charge in [0, 0.05) is 43.5 Å². The van der Waals surface area contributed by atoms with E-state index in [9.17, 15) is 4.79 Å². The van der Waals surface area contributed by atoms with E-state index in [1.54, 1.807) is 0 Å². The fourth-order valence-corrected chi connectivity index (χ4v) is 4.28. The van der Waals surface area contributed by atoms with Crippen LogP contribution < -0.4 is 10.2 Å². The van der Waals surface area contributed by atoms with Crippen molar-refractivity contribution in [3.8, 4) is 0 Å². The minimum atomic E-state index is 0.0899. The molecular weight excluding hydrogens is 410 g/mol. The predicted octanol–water partition coefficient (Wildman–Crippen LogP) is 4.95. The molecule has 0 saturated carbocycles. The fraction of sp³-hybridized carbons (Fsp3) is 0.222. The van der Waals surface area contributed by atoms with Crippen LogP contribution in [-0.2, 0) is 0 Å². The number of carbonyl (C=O) groups is 1. The third kappa shape index (κ3) is 4.51. The van der Waals surface area contributed by atoms with Gasteiger partial charge < -0.3 is 15.1 Å². The molecule has 5 rings (SSSR count). The lowest BCUT2D eigenvalue weighted by molar-refractivity contribution is 0.0748. The summed E-state index contributed by atoms with van der Waals surface area (Å²) in [6.45, 7) is 6.76. The Morgan fingerprint density at radius 2 is 1.58 bits per heavy atom. The molecule has 0 bridgehead atoms. The van der Waals surface area contributed by atoms with Gasteiger partial charge in [-0.1, -0.05) is 54.1 Å². The zero-order chi connectivity index (χ0) is 22.8. The normalized spacial score (nSPS) is 13.9. The van der Waals surface area contributed by atoms with Crippen LogP contribution in [0.2, 0.25) is 0 Å². The average molecular weight is 438 g/mol. The maximum atomic E-state index is 13.3. The number of rotatable bonds is 4. The van der Waals surface area contributed by atoms with Gasteiger partial charge in [0.1, 0.15) is 17.5 Å². The first-order valence-electron chi connectivity index (χ1n) is 11.3. The summed E-state index contributed by atoms with van der Waals surface area (Å²) in [7, 11) is 0. The van der Waals surface area contributed by atoms with Crippen LogP contribution in [0.5, 0.6) is 0 Å². The number of benzene rings is 3. The molecule has 6 nitrogen and oxygen atoms in total. The lowest BCUT2D eigenvalue weighted by Gasteiger charge is -2.35. The molecule has 0 atom stereocenters. The Labute approximate surface area is 193 Å². The van der Waals surface area contributed by atoms with E-state index in [-0.39, 0.29) is 5.91 Å². The van der Waals surface area contributed by atoms with Gasteiger partial charge in [-0.15, -0.1) is 0 Å². The van der Waals surface area contributed by atoms with Crippen LogP contribution in [0.4, 0.5) is 17.3 Å². The maximum Gasteiger partial charge on any atom is 0.254 e. The zero-order valence-electron chi connectivity index (χ0n) is 19.0. The number of nitrogens with zero attached hydrogens (tertiary/aromatic N) is 4. The number of piperazine rings is 1. The highest BCUT2D eigenvalue weighted by atomic mass is 16.2. The van der Waals surface area contributed by atoms with Crippen LogP contribution >= 0.6 is 0 Å². The summed E-state index contributed by atoms with van der Waals surface area (Å²) in [6, 6.07) is 24.2. The lowest BCUT2D eigenvalue weighted by atomic mass is 10.0. The largest absolute Gasteiger partial charge is 0.353 e. The van der Waals surface area contributed by atoms with Crippen molar-refractivity contribution in [2.45, 2.75) is 13.8 Å². The van der Waals surface area contributed by atoms with Gasteiger partial charge in [-0.3, -0.25) is 4.79 Å². The molecule has 1 fully saturated rings. The second-order valence-corrected chi connectivity index (χ2v) is 8.46. The summed E-state index contributed by atoms with van der Waals surface area (Å²) in [5, 5.41) is 5.47. The Kier molecular flexibility index (Phi) is 5.65. The summed E-state index contributed by atoms with van der Waals surface area (Å²) in [5.41, 5.74) is 2.98. The first-order chi connectivity index (χ1) is 16.1. The Balaban J connectivity index is 1.29. The van der Waals surface area contributed by atoms with Crippen molar-refractivity contribution >= 4 is 34.0 Å². The van der Waals surface area contributed by atoms with Crippen molar-refractivity contribution in [3.63, 3.8) is 0 Å². The Bertz CT molecular complexity index is 1290. The van der Waals surface area contributed by atoms with Crippen molar-refractivity contribution in [2.24, 2.45) is 0 Å². The Hall–Kier alpha value is -3.93. The van der Waals surface area contributed by atoms with Crippen LogP contribution in [0.1, 0.15) is 21.7 Å². The van der Waals surface area contributed by atoms with E-state index >= 15 is 0 Å². The molecule has 1 aliphatic rings. The fourth-order valence-electron chi connectivity index (χ4n) is 4.28. The van der Waals surface area contributed by atoms with Gasteiger partial charge in [0.2, 0.25) is 0 Å². The zero-order valence-corrected chi connectivity index (χ0v) is 19.0. The molecule has 1 aromatic heterocycles. The van der Waals surface area contributed by atoms with Gasteiger partial charge in [0.05, 0.1) is 0 Å². The summed E-state index contributed by atoms with van der Waals surface area (Å²) in [6.07, 6.45) is 0. The minimum Gasteiger partial charge on any atom is -0.353 e. The van der Waals surface area contributed by atoms with Crippen LogP contribution in [0.15, 0.2) is 72.8 Å². The number of aromatic nitrogens is 2. The molecule has 0 unspecified atom stereocenters. The second-order valence-electron chi connectivity index (χ2n) is 8.46. The number of aryl methyl sites for hydroxylation is 2. The highest BCUT2D eigenvalue weighted by molar-refractivity contribution is 6.07. The Morgan fingerprint density at radius 3 is 2.36 bits per heavy atom. The highest BCUT2D eigenvalue weighted by Crippen LogP contribution is 2.23. The number of amides is 1. The number of nitrogens with one attached hydrogen (secondary N) is 1. The smallest absolute Gasteiger partial charge is 0.254 e. The highest BCUT2D eigenvalue weighted by Gasteiger charge is 2.24. The quantitative estimate of drug-likeness (QED) is 0.489. The van der Waals surface area contributed by atoms with Gasteiger partial charge in [0.15, 0.2) is 0 Å². The molecule has 0 radical (unpaired) electrons. The predicted molar refractivity (Wildman–Crippen MR) is 133 cm³/mol. The third-order valence-corrected chi connectivity index (χ3v) is 6.06. The van der Waals surface area contributed by atoms with Crippen LogP contribution in [0.3, 0.4) is 0 Å². The van der Waals surface area contributed by atoms with E-state index in [2.05, 4.69) is 39.2 Å². The van der Waals surface area contributed by atoms with Gasteiger partial charge in [-0.2, -0.15) is 0 Å². The number of fused-ring (bicyclic) bond motifs is 1. The maximum absolute atomic E-state index is 13.3. The SMILES string of the molecule is Cc1ccc(Nc2cc(N3CCN(C(=O)c4cccc5ccccc45)CC3)nc(C)n2)cc1. The third-order valence-electron chi connectivity index (χ3n) is 6.06. The standard InChI is InChI=1S/C27H27N5O/c1-19-10-12-22(13-11-19)30-25-18-26(29-20(2)28-25)31-14-16-32(17-15-31)27(33)24-9-5-7-21-6-3-4-8-23(21)24/h3-13,18H,14-17H2,1-2H3,(H,28,29,30). The topological polar surface area (TPSA) is 61.4 Å². The molecule has 1 amide bonds. The Morgan fingerprint density at radius 1 is 0.848 bits per heavy atom. The van der Waals surface area contributed by atoms with Crippen molar-refractivity contribution in [1.82, 2.24) is 14.9 Å². The van der Waals surface area contributed by atoms with Crippen molar-refractivity contribution in [2.75, 3.05) is 36.4 Å². The number of anilines is 3. The molecule has 0 aliphatic carbocycles. The lowest BCUT2D eigenvalue weighted by Crippen LogP contribution is -2.49. The van der Waals surface area contributed by atoms with E-state index in [1.165, 1.54) is 5.56 Å².